The molecule has 1 saturated heterocycles. The summed E-state index contributed by atoms with van der Waals surface area (Å²) in [4.78, 5) is 11.0. The molecule has 1 rings (SSSR count). The van der Waals surface area contributed by atoms with Crippen molar-refractivity contribution in [2.24, 2.45) is 5.92 Å². The van der Waals surface area contributed by atoms with Crippen molar-refractivity contribution in [2.75, 3.05) is 0 Å². The van der Waals surface area contributed by atoms with E-state index in [4.69, 9.17) is 9.47 Å². The van der Waals surface area contributed by atoms with Crippen LogP contribution in [0.3, 0.4) is 0 Å². The summed E-state index contributed by atoms with van der Waals surface area (Å²) >= 11 is 0. The van der Waals surface area contributed by atoms with Crippen molar-refractivity contribution in [3.8, 4) is 0 Å². The number of carbonyl (C=O) groups is 1. The molecule has 2 atom stereocenters. The van der Waals surface area contributed by atoms with Crippen LogP contribution in [-0.4, -0.2) is 18.4 Å². The Balaban J connectivity index is 2.49. The van der Waals surface area contributed by atoms with Crippen molar-refractivity contribution in [3.05, 3.63) is 0 Å². The van der Waals surface area contributed by atoms with Crippen LogP contribution in [0.15, 0.2) is 0 Å². The number of ether oxygens (including phenoxy) is 2. The molecule has 1 fully saturated rings. The molecule has 0 aromatic carbocycles. The van der Waals surface area contributed by atoms with Crippen LogP contribution in [0, 0.1) is 5.92 Å². The lowest BCUT2D eigenvalue weighted by molar-refractivity contribution is -0.146. The van der Waals surface area contributed by atoms with Gasteiger partial charge in [-0.05, 0) is 6.42 Å². The highest BCUT2D eigenvalue weighted by Crippen LogP contribution is 2.21. The number of hydrogen-bond donors (Lipinski definition) is 0. The lowest BCUT2D eigenvalue weighted by atomic mass is 10.2. The molecule has 1 aliphatic rings. The van der Waals surface area contributed by atoms with Gasteiger partial charge in [-0.3, -0.25) is 0 Å². The van der Waals surface area contributed by atoms with Gasteiger partial charge in [0.05, 0.1) is 0 Å². The Kier molecular flexibility index (Phi) is 2.49. The van der Waals surface area contributed by atoms with E-state index in [2.05, 4.69) is 0 Å². The zero-order chi connectivity index (χ0) is 8.43. The molecule has 0 bridgehead atoms. The molecule has 0 amide bonds. The molecule has 0 saturated carbocycles. The Morgan fingerprint density at radius 3 is 2.45 bits per heavy atom. The van der Waals surface area contributed by atoms with Crippen LogP contribution in [0.4, 0.5) is 0 Å². The van der Waals surface area contributed by atoms with Gasteiger partial charge in [-0.25, -0.2) is 4.79 Å². The topological polar surface area (TPSA) is 35.5 Å². The smallest absolute Gasteiger partial charge is 0.337 e. The highest BCUT2D eigenvalue weighted by molar-refractivity contribution is 5.76. The van der Waals surface area contributed by atoms with Gasteiger partial charge in [0.25, 0.3) is 0 Å². The lowest BCUT2D eigenvalue weighted by Gasteiger charge is -2.11. The van der Waals surface area contributed by atoms with Crippen LogP contribution in [0.5, 0.6) is 0 Å². The summed E-state index contributed by atoms with van der Waals surface area (Å²) in [5, 5.41) is 0. The van der Waals surface area contributed by atoms with Crippen molar-refractivity contribution < 1.29 is 14.3 Å². The van der Waals surface area contributed by atoms with E-state index in [0.717, 1.165) is 0 Å². The second kappa shape index (κ2) is 3.22. The first-order valence-corrected chi connectivity index (χ1v) is 4.01. The van der Waals surface area contributed by atoms with Gasteiger partial charge in [0.2, 0.25) is 6.29 Å². The standard InChI is InChI=1S/C8H14O3/c1-4-6-7(9)11-8(10-6)5(2)3/h5-6,8H,4H2,1-3H3. The van der Waals surface area contributed by atoms with Gasteiger partial charge in [-0.1, -0.05) is 20.8 Å². The largest absolute Gasteiger partial charge is 0.434 e. The Morgan fingerprint density at radius 2 is 2.18 bits per heavy atom. The maximum atomic E-state index is 11.0. The first kappa shape index (κ1) is 8.53. The van der Waals surface area contributed by atoms with Crippen LogP contribution in [0.2, 0.25) is 0 Å². The molecular weight excluding hydrogens is 144 g/mol. The molecule has 1 heterocycles. The van der Waals surface area contributed by atoms with Gasteiger partial charge >= 0.3 is 5.97 Å². The van der Waals surface area contributed by atoms with Gasteiger partial charge < -0.3 is 9.47 Å². The normalized spacial score (nSPS) is 31.1. The van der Waals surface area contributed by atoms with Gasteiger partial charge in [-0.15, -0.1) is 0 Å². The molecule has 2 unspecified atom stereocenters. The van der Waals surface area contributed by atoms with Crippen molar-refractivity contribution in [1.82, 2.24) is 0 Å². The quantitative estimate of drug-likeness (QED) is 0.568. The van der Waals surface area contributed by atoms with Crippen LogP contribution >= 0.6 is 0 Å². The van der Waals surface area contributed by atoms with Crippen molar-refractivity contribution in [3.63, 3.8) is 0 Å². The molecule has 0 aliphatic carbocycles. The summed E-state index contributed by atoms with van der Waals surface area (Å²) < 4.78 is 10.3. The van der Waals surface area contributed by atoms with Crippen LogP contribution in [0.25, 0.3) is 0 Å². The van der Waals surface area contributed by atoms with Crippen molar-refractivity contribution >= 4 is 5.97 Å². The summed E-state index contributed by atoms with van der Waals surface area (Å²) in [7, 11) is 0. The van der Waals surface area contributed by atoms with Gasteiger partial charge in [0.15, 0.2) is 6.10 Å². The number of esters is 1. The predicted octanol–water partition coefficient (Wildman–Crippen LogP) is 1.32. The van der Waals surface area contributed by atoms with Crippen LogP contribution < -0.4 is 0 Å². The molecule has 11 heavy (non-hydrogen) atoms. The van der Waals surface area contributed by atoms with Gasteiger partial charge in [0.1, 0.15) is 0 Å². The predicted molar refractivity (Wildman–Crippen MR) is 39.9 cm³/mol. The number of hydrogen-bond acceptors (Lipinski definition) is 3. The van der Waals surface area contributed by atoms with E-state index in [1.165, 1.54) is 0 Å². The molecule has 3 nitrogen and oxygen atoms in total. The van der Waals surface area contributed by atoms with E-state index in [1.54, 1.807) is 0 Å². The zero-order valence-corrected chi connectivity index (χ0v) is 7.16. The monoisotopic (exact) mass is 158 g/mol. The minimum absolute atomic E-state index is 0.216. The number of rotatable bonds is 2. The van der Waals surface area contributed by atoms with E-state index in [9.17, 15) is 4.79 Å². The fourth-order valence-electron chi connectivity index (χ4n) is 0.992. The average molecular weight is 158 g/mol. The maximum Gasteiger partial charge on any atom is 0.337 e. The first-order valence-electron chi connectivity index (χ1n) is 4.01. The summed E-state index contributed by atoms with van der Waals surface area (Å²) in [5.74, 6) is 0.0294. The molecule has 0 N–H and O–H groups in total. The highest BCUT2D eigenvalue weighted by Gasteiger charge is 2.35. The van der Waals surface area contributed by atoms with E-state index in [-0.39, 0.29) is 24.3 Å². The summed E-state index contributed by atoms with van der Waals surface area (Å²) in [6.45, 7) is 5.85. The second-order valence-electron chi connectivity index (χ2n) is 3.08. The van der Waals surface area contributed by atoms with Crippen molar-refractivity contribution in [1.29, 1.82) is 0 Å². The Bertz CT molecular complexity index is 153. The Labute approximate surface area is 66.7 Å². The van der Waals surface area contributed by atoms with Gasteiger partial charge in [-0.2, -0.15) is 0 Å². The first-order chi connectivity index (χ1) is 5.15. The maximum absolute atomic E-state index is 11.0. The molecule has 0 aromatic rings. The molecule has 1 aliphatic heterocycles. The molecule has 0 aromatic heterocycles. The SMILES string of the molecule is CCC1OC(C(C)C)OC1=O. The van der Waals surface area contributed by atoms with Crippen LogP contribution in [-0.2, 0) is 14.3 Å². The fraction of sp³-hybridized carbons (Fsp3) is 0.875. The van der Waals surface area contributed by atoms with Crippen molar-refractivity contribution in [2.45, 2.75) is 39.6 Å². The zero-order valence-electron chi connectivity index (χ0n) is 7.16. The molecule has 0 spiro atoms. The Hall–Kier alpha value is -0.570. The summed E-state index contributed by atoms with van der Waals surface area (Å²) in [6, 6.07) is 0. The number of carbonyl (C=O) groups excluding carboxylic acids is 1. The molecule has 3 heteroatoms. The van der Waals surface area contributed by atoms with E-state index < -0.39 is 0 Å². The van der Waals surface area contributed by atoms with E-state index in [0.29, 0.717) is 6.42 Å². The lowest BCUT2D eigenvalue weighted by Crippen LogP contribution is -2.17. The van der Waals surface area contributed by atoms with Crippen LogP contribution in [0.1, 0.15) is 27.2 Å². The Morgan fingerprint density at radius 1 is 1.55 bits per heavy atom. The average Bonchev–Trinajstić information content (AvgIpc) is 2.31. The minimum Gasteiger partial charge on any atom is -0.434 e. The molecule has 64 valence electrons. The second-order valence-corrected chi connectivity index (χ2v) is 3.08. The molecule has 0 radical (unpaired) electrons. The van der Waals surface area contributed by atoms with E-state index in [1.807, 2.05) is 20.8 Å². The summed E-state index contributed by atoms with van der Waals surface area (Å²) in [6.07, 6.45) is 0.0389. The third-order valence-corrected chi connectivity index (χ3v) is 1.71. The summed E-state index contributed by atoms with van der Waals surface area (Å²) in [5.41, 5.74) is 0. The third-order valence-electron chi connectivity index (χ3n) is 1.71. The minimum atomic E-state index is -0.331. The fourth-order valence-corrected chi connectivity index (χ4v) is 0.992. The van der Waals surface area contributed by atoms with Gasteiger partial charge in [0, 0.05) is 5.92 Å². The highest BCUT2D eigenvalue weighted by atomic mass is 16.8. The number of cyclic esters (lactones) is 1. The van der Waals surface area contributed by atoms with E-state index >= 15 is 0 Å². The molecular formula is C8H14O3. The third kappa shape index (κ3) is 1.71.